The summed E-state index contributed by atoms with van der Waals surface area (Å²) >= 11 is 0. The lowest BCUT2D eigenvalue weighted by molar-refractivity contribution is 0.0599. The maximum atomic E-state index is 11.2. The van der Waals surface area contributed by atoms with Crippen LogP contribution in [0.3, 0.4) is 0 Å². The van der Waals surface area contributed by atoms with Crippen molar-refractivity contribution in [3.8, 4) is 5.75 Å². The second kappa shape index (κ2) is 6.01. The van der Waals surface area contributed by atoms with Gasteiger partial charge in [-0.05, 0) is 12.5 Å². The summed E-state index contributed by atoms with van der Waals surface area (Å²) in [5, 5.41) is 0. The van der Waals surface area contributed by atoms with Crippen LogP contribution in [0, 0.1) is 0 Å². The fourth-order valence-electron chi connectivity index (χ4n) is 1.06. The molecule has 82 valence electrons. The Hall–Kier alpha value is -1.58. The number of ether oxygens (including phenoxy) is 2. The Morgan fingerprint density at radius 1 is 1.47 bits per heavy atom. The normalized spacial score (nSPS) is 9.73. The number of rotatable bonds is 5. The molecule has 0 aliphatic heterocycles. The summed E-state index contributed by atoms with van der Waals surface area (Å²) in [5.41, 5.74) is 0.409. The van der Waals surface area contributed by atoms with Crippen molar-refractivity contribution < 1.29 is 14.3 Å². The van der Waals surface area contributed by atoms with E-state index in [1.165, 1.54) is 13.3 Å². The van der Waals surface area contributed by atoms with Gasteiger partial charge in [0.2, 0.25) is 0 Å². The van der Waals surface area contributed by atoms with Crippen molar-refractivity contribution in [2.45, 2.75) is 19.8 Å². The van der Waals surface area contributed by atoms with E-state index in [9.17, 15) is 4.79 Å². The van der Waals surface area contributed by atoms with Crippen molar-refractivity contribution in [1.82, 2.24) is 4.98 Å². The number of hydrogen-bond acceptors (Lipinski definition) is 4. The van der Waals surface area contributed by atoms with E-state index in [1.54, 1.807) is 12.3 Å². The van der Waals surface area contributed by atoms with E-state index in [2.05, 4.69) is 16.6 Å². The van der Waals surface area contributed by atoms with Gasteiger partial charge in [0.1, 0.15) is 5.75 Å². The Kier molecular flexibility index (Phi) is 4.60. The van der Waals surface area contributed by atoms with Crippen LogP contribution in [-0.4, -0.2) is 24.7 Å². The van der Waals surface area contributed by atoms with Crippen LogP contribution in [0.15, 0.2) is 18.5 Å². The molecule has 0 saturated heterocycles. The highest BCUT2D eigenvalue weighted by atomic mass is 16.5. The number of carbonyl (C=O) groups is 1. The lowest BCUT2D eigenvalue weighted by Crippen LogP contribution is -2.03. The van der Waals surface area contributed by atoms with Crippen LogP contribution in [0.1, 0.15) is 30.1 Å². The van der Waals surface area contributed by atoms with Gasteiger partial charge in [-0.25, -0.2) is 4.79 Å². The van der Waals surface area contributed by atoms with Crippen LogP contribution in [0.2, 0.25) is 0 Å². The van der Waals surface area contributed by atoms with Gasteiger partial charge in [-0.3, -0.25) is 4.98 Å². The predicted octanol–water partition coefficient (Wildman–Crippen LogP) is 2.05. The van der Waals surface area contributed by atoms with Gasteiger partial charge in [0, 0.05) is 6.20 Å². The third kappa shape index (κ3) is 3.58. The molecular weight excluding hydrogens is 194 g/mol. The molecule has 0 fully saturated rings. The SMILES string of the molecule is CCCCOc1cncc(C(=O)OC)c1. The highest BCUT2D eigenvalue weighted by Gasteiger charge is 2.06. The number of nitrogens with zero attached hydrogens (tertiary/aromatic N) is 1. The van der Waals surface area contributed by atoms with Crippen LogP contribution >= 0.6 is 0 Å². The average molecular weight is 209 g/mol. The Morgan fingerprint density at radius 2 is 2.27 bits per heavy atom. The second-order valence-corrected chi connectivity index (χ2v) is 3.10. The summed E-state index contributed by atoms with van der Waals surface area (Å²) < 4.78 is 9.99. The van der Waals surface area contributed by atoms with Crippen LogP contribution in [-0.2, 0) is 4.74 Å². The maximum Gasteiger partial charge on any atom is 0.339 e. The van der Waals surface area contributed by atoms with Gasteiger partial charge >= 0.3 is 5.97 Å². The standard InChI is InChI=1S/C11H15NO3/c1-3-4-5-15-10-6-9(7-12-8-10)11(13)14-2/h6-8H,3-5H2,1-2H3. The zero-order valence-electron chi connectivity index (χ0n) is 9.03. The van der Waals surface area contributed by atoms with Crippen LogP contribution in [0.4, 0.5) is 0 Å². The first-order valence-electron chi connectivity index (χ1n) is 4.94. The molecule has 0 saturated carbocycles. The molecule has 0 atom stereocenters. The summed E-state index contributed by atoms with van der Waals surface area (Å²) in [5.74, 6) is 0.204. The maximum absolute atomic E-state index is 11.2. The first-order chi connectivity index (χ1) is 7.27. The number of esters is 1. The van der Waals surface area contributed by atoms with Crippen molar-refractivity contribution in [3.05, 3.63) is 24.0 Å². The van der Waals surface area contributed by atoms with Gasteiger partial charge in [-0.15, -0.1) is 0 Å². The molecule has 0 amide bonds. The largest absolute Gasteiger partial charge is 0.492 e. The van der Waals surface area contributed by atoms with Gasteiger partial charge in [0.15, 0.2) is 0 Å². The number of aromatic nitrogens is 1. The summed E-state index contributed by atoms with van der Waals surface area (Å²) in [6.07, 6.45) is 5.10. The minimum absolute atomic E-state index is 0.400. The van der Waals surface area contributed by atoms with Crippen molar-refractivity contribution in [1.29, 1.82) is 0 Å². The summed E-state index contributed by atoms with van der Waals surface area (Å²) in [6, 6.07) is 1.63. The summed E-state index contributed by atoms with van der Waals surface area (Å²) in [6.45, 7) is 2.73. The first-order valence-corrected chi connectivity index (χ1v) is 4.94. The topological polar surface area (TPSA) is 48.4 Å². The van der Waals surface area contributed by atoms with E-state index in [1.807, 2.05) is 0 Å². The molecule has 0 radical (unpaired) electrons. The molecule has 0 aliphatic rings. The molecule has 0 aliphatic carbocycles. The first kappa shape index (κ1) is 11.5. The van der Waals surface area contributed by atoms with E-state index >= 15 is 0 Å². The van der Waals surface area contributed by atoms with Gasteiger partial charge in [-0.2, -0.15) is 0 Å². The molecule has 0 bridgehead atoms. The fourth-order valence-corrected chi connectivity index (χ4v) is 1.06. The van der Waals surface area contributed by atoms with Gasteiger partial charge in [-0.1, -0.05) is 13.3 Å². The minimum Gasteiger partial charge on any atom is -0.492 e. The molecule has 1 aromatic heterocycles. The predicted molar refractivity (Wildman–Crippen MR) is 56.0 cm³/mol. The van der Waals surface area contributed by atoms with E-state index in [4.69, 9.17) is 4.74 Å². The molecule has 15 heavy (non-hydrogen) atoms. The minimum atomic E-state index is -0.400. The molecule has 0 spiro atoms. The van der Waals surface area contributed by atoms with Gasteiger partial charge in [0.25, 0.3) is 0 Å². The average Bonchev–Trinajstić information content (AvgIpc) is 2.29. The number of methoxy groups -OCH3 is 1. The Bertz CT molecular complexity index is 325. The number of pyridine rings is 1. The van der Waals surface area contributed by atoms with Gasteiger partial charge < -0.3 is 9.47 Å². The smallest absolute Gasteiger partial charge is 0.339 e. The molecule has 0 aromatic carbocycles. The molecule has 4 heteroatoms. The zero-order chi connectivity index (χ0) is 11.1. The molecule has 1 aromatic rings. The van der Waals surface area contributed by atoms with Gasteiger partial charge in [0.05, 0.1) is 25.5 Å². The Balaban J connectivity index is 2.62. The summed E-state index contributed by atoms with van der Waals surface area (Å²) in [7, 11) is 1.34. The number of carbonyl (C=O) groups excluding carboxylic acids is 1. The Morgan fingerprint density at radius 3 is 2.93 bits per heavy atom. The molecule has 4 nitrogen and oxygen atoms in total. The van der Waals surface area contributed by atoms with E-state index < -0.39 is 5.97 Å². The van der Waals surface area contributed by atoms with E-state index in [0.717, 1.165) is 12.8 Å². The van der Waals surface area contributed by atoms with Crippen LogP contribution < -0.4 is 4.74 Å². The second-order valence-electron chi connectivity index (χ2n) is 3.10. The third-order valence-electron chi connectivity index (χ3n) is 1.90. The molecule has 0 unspecified atom stereocenters. The van der Waals surface area contributed by atoms with E-state index in [0.29, 0.717) is 17.9 Å². The number of unbranched alkanes of at least 4 members (excludes halogenated alkanes) is 1. The fraction of sp³-hybridized carbons (Fsp3) is 0.455. The monoisotopic (exact) mass is 209 g/mol. The van der Waals surface area contributed by atoms with E-state index in [-0.39, 0.29) is 0 Å². The molecular formula is C11H15NO3. The summed E-state index contributed by atoms with van der Waals surface area (Å²) in [4.78, 5) is 15.1. The van der Waals surface area contributed by atoms with Crippen molar-refractivity contribution in [2.75, 3.05) is 13.7 Å². The van der Waals surface area contributed by atoms with Crippen LogP contribution in [0.25, 0.3) is 0 Å². The third-order valence-corrected chi connectivity index (χ3v) is 1.90. The molecule has 1 rings (SSSR count). The van der Waals surface area contributed by atoms with Crippen LogP contribution in [0.5, 0.6) is 5.75 Å². The lowest BCUT2D eigenvalue weighted by atomic mass is 10.3. The lowest BCUT2D eigenvalue weighted by Gasteiger charge is -2.05. The number of hydrogen-bond donors (Lipinski definition) is 0. The molecule has 0 N–H and O–H groups in total. The molecule has 1 heterocycles. The van der Waals surface area contributed by atoms with Crippen molar-refractivity contribution in [3.63, 3.8) is 0 Å². The highest BCUT2D eigenvalue weighted by molar-refractivity contribution is 5.89. The zero-order valence-corrected chi connectivity index (χ0v) is 9.03. The van der Waals surface area contributed by atoms with Crippen molar-refractivity contribution in [2.24, 2.45) is 0 Å². The Labute approximate surface area is 89.2 Å². The quantitative estimate of drug-likeness (QED) is 0.550. The van der Waals surface area contributed by atoms with Crippen molar-refractivity contribution >= 4 is 5.97 Å². The highest BCUT2D eigenvalue weighted by Crippen LogP contribution is 2.12.